The normalized spacial score (nSPS) is 17.0. The van der Waals surface area contributed by atoms with Crippen molar-refractivity contribution < 1.29 is 4.79 Å². The number of nitrogens with zero attached hydrogens (tertiary/aromatic N) is 3. The number of nitrogens with two attached hydrogens (primary N) is 1. The molecule has 1 aromatic rings. The number of rotatable bonds is 6. The van der Waals surface area contributed by atoms with Crippen LogP contribution in [-0.4, -0.2) is 66.6 Å². The van der Waals surface area contributed by atoms with Gasteiger partial charge in [0, 0.05) is 52.0 Å². The van der Waals surface area contributed by atoms with Gasteiger partial charge in [0.1, 0.15) is 5.69 Å². The smallest absolute Gasteiger partial charge is 0.270 e. The van der Waals surface area contributed by atoms with Crippen LogP contribution in [-0.2, 0) is 6.54 Å². The van der Waals surface area contributed by atoms with Gasteiger partial charge >= 0.3 is 0 Å². The molecule has 2 rings (SSSR count). The van der Waals surface area contributed by atoms with Crippen molar-refractivity contribution in [3.8, 4) is 0 Å². The zero-order valence-corrected chi connectivity index (χ0v) is 13.1. The Kier molecular flexibility index (Phi) is 5.64. The largest absolute Gasteiger partial charge is 0.397 e. The summed E-state index contributed by atoms with van der Waals surface area (Å²) in [5.74, 6) is -0.0694. The van der Waals surface area contributed by atoms with E-state index in [0.29, 0.717) is 17.9 Å². The molecule has 0 aliphatic carbocycles. The average molecular weight is 293 g/mol. The van der Waals surface area contributed by atoms with Gasteiger partial charge in [-0.3, -0.25) is 9.69 Å². The van der Waals surface area contributed by atoms with E-state index in [1.165, 1.54) is 0 Å². The Morgan fingerprint density at radius 2 is 2.00 bits per heavy atom. The van der Waals surface area contributed by atoms with E-state index in [2.05, 4.69) is 29.1 Å². The Hall–Kier alpha value is -1.53. The van der Waals surface area contributed by atoms with Gasteiger partial charge in [0.15, 0.2) is 0 Å². The summed E-state index contributed by atoms with van der Waals surface area (Å²) in [6, 6.07) is 1.80. The molecule has 6 nitrogen and oxygen atoms in total. The monoisotopic (exact) mass is 293 g/mol. The Bertz CT molecular complexity index is 463. The molecule has 1 aliphatic heterocycles. The number of likely N-dealkylation sites (N-methyl/N-ethyl adjacent to an activating group) is 1. The van der Waals surface area contributed by atoms with E-state index in [0.717, 1.165) is 45.7 Å². The van der Waals surface area contributed by atoms with Gasteiger partial charge in [-0.15, -0.1) is 0 Å². The van der Waals surface area contributed by atoms with Crippen molar-refractivity contribution in [2.75, 3.05) is 52.0 Å². The van der Waals surface area contributed by atoms with Crippen molar-refractivity contribution in [2.24, 2.45) is 0 Å². The summed E-state index contributed by atoms with van der Waals surface area (Å²) in [6.07, 6.45) is 2.86. The number of nitrogen functional groups attached to an aromatic ring is 1. The molecule has 1 amide bonds. The van der Waals surface area contributed by atoms with E-state index in [1.54, 1.807) is 6.07 Å². The second-order valence-corrected chi connectivity index (χ2v) is 5.71. The lowest BCUT2D eigenvalue weighted by atomic mass is 10.3. The lowest BCUT2D eigenvalue weighted by molar-refractivity contribution is 0.0932. The van der Waals surface area contributed by atoms with Crippen LogP contribution in [0.15, 0.2) is 12.3 Å². The fourth-order valence-electron chi connectivity index (χ4n) is 2.66. The molecule has 0 radical (unpaired) electrons. The molecule has 118 valence electrons. The third-order valence-corrected chi connectivity index (χ3v) is 3.98. The molecule has 2 heterocycles. The molecule has 0 atom stereocenters. The second-order valence-electron chi connectivity index (χ2n) is 5.71. The number of piperazine rings is 1. The highest BCUT2D eigenvalue weighted by Crippen LogP contribution is 2.13. The predicted octanol–water partition coefficient (Wildman–Crippen LogP) is 0.458. The highest BCUT2D eigenvalue weighted by molar-refractivity contribution is 5.97. The lowest BCUT2D eigenvalue weighted by Crippen LogP contribution is -2.47. The molecule has 6 heteroatoms. The first-order valence-electron chi connectivity index (χ1n) is 7.75. The van der Waals surface area contributed by atoms with Crippen LogP contribution in [0.1, 0.15) is 23.8 Å². The van der Waals surface area contributed by atoms with E-state index in [1.807, 2.05) is 10.8 Å². The van der Waals surface area contributed by atoms with Crippen LogP contribution in [0.3, 0.4) is 0 Å². The molecule has 0 unspecified atom stereocenters. The fourth-order valence-corrected chi connectivity index (χ4v) is 2.66. The summed E-state index contributed by atoms with van der Waals surface area (Å²) in [6.45, 7) is 8.80. The van der Waals surface area contributed by atoms with Crippen LogP contribution < -0.4 is 11.1 Å². The maximum atomic E-state index is 12.3. The van der Waals surface area contributed by atoms with Crippen molar-refractivity contribution in [1.82, 2.24) is 19.7 Å². The molecule has 1 aliphatic rings. The van der Waals surface area contributed by atoms with Crippen LogP contribution in [0.2, 0.25) is 0 Å². The molecule has 1 saturated heterocycles. The molecule has 1 aromatic heterocycles. The Labute approximate surface area is 126 Å². The summed E-state index contributed by atoms with van der Waals surface area (Å²) in [5.41, 5.74) is 7.05. The van der Waals surface area contributed by atoms with Gasteiger partial charge in [-0.05, 0) is 19.5 Å². The molecule has 0 spiro atoms. The van der Waals surface area contributed by atoms with E-state index >= 15 is 0 Å². The van der Waals surface area contributed by atoms with Crippen molar-refractivity contribution in [3.63, 3.8) is 0 Å². The summed E-state index contributed by atoms with van der Waals surface area (Å²) in [5, 5.41) is 2.99. The third kappa shape index (κ3) is 4.22. The Morgan fingerprint density at radius 3 is 2.67 bits per heavy atom. The highest BCUT2D eigenvalue weighted by Gasteiger charge is 2.16. The highest BCUT2D eigenvalue weighted by atomic mass is 16.2. The maximum Gasteiger partial charge on any atom is 0.270 e. The van der Waals surface area contributed by atoms with Gasteiger partial charge in [-0.1, -0.05) is 6.92 Å². The third-order valence-electron chi connectivity index (χ3n) is 3.98. The zero-order valence-electron chi connectivity index (χ0n) is 13.1. The van der Waals surface area contributed by atoms with Gasteiger partial charge < -0.3 is 20.5 Å². The molecule has 3 N–H and O–H groups in total. The minimum atomic E-state index is -0.0694. The maximum absolute atomic E-state index is 12.3. The van der Waals surface area contributed by atoms with Crippen LogP contribution >= 0.6 is 0 Å². The number of hydrogen-bond acceptors (Lipinski definition) is 4. The molecule has 0 bridgehead atoms. The SMILES string of the molecule is CCCn1ccc(N)c1C(=O)NCCN1CCN(C)CC1. The minimum Gasteiger partial charge on any atom is -0.397 e. The molecule has 0 saturated carbocycles. The van der Waals surface area contributed by atoms with E-state index in [4.69, 9.17) is 5.73 Å². The first kappa shape index (κ1) is 15.9. The van der Waals surface area contributed by atoms with Crippen molar-refractivity contribution in [2.45, 2.75) is 19.9 Å². The van der Waals surface area contributed by atoms with E-state index < -0.39 is 0 Å². The minimum absolute atomic E-state index is 0.0694. The zero-order chi connectivity index (χ0) is 15.2. The van der Waals surface area contributed by atoms with Gasteiger partial charge in [0.05, 0.1) is 5.69 Å². The molecule has 0 aromatic carbocycles. The molecular formula is C15H27N5O. The first-order chi connectivity index (χ1) is 10.1. The summed E-state index contributed by atoms with van der Waals surface area (Å²) in [7, 11) is 2.14. The van der Waals surface area contributed by atoms with E-state index in [-0.39, 0.29) is 5.91 Å². The first-order valence-corrected chi connectivity index (χ1v) is 7.75. The number of carbonyl (C=O) groups excluding carboxylic acids is 1. The Balaban J connectivity index is 1.80. The molecule has 1 fully saturated rings. The van der Waals surface area contributed by atoms with Crippen LogP contribution in [0.4, 0.5) is 5.69 Å². The van der Waals surface area contributed by atoms with Crippen molar-refractivity contribution in [1.29, 1.82) is 0 Å². The molecular weight excluding hydrogens is 266 g/mol. The summed E-state index contributed by atoms with van der Waals surface area (Å²) < 4.78 is 1.93. The Morgan fingerprint density at radius 1 is 1.29 bits per heavy atom. The van der Waals surface area contributed by atoms with Crippen molar-refractivity contribution >= 4 is 11.6 Å². The average Bonchev–Trinajstić information content (AvgIpc) is 2.82. The number of aromatic nitrogens is 1. The number of hydrogen-bond donors (Lipinski definition) is 2. The van der Waals surface area contributed by atoms with Gasteiger partial charge in [-0.2, -0.15) is 0 Å². The van der Waals surface area contributed by atoms with E-state index in [9.17, 15) is 4.79 Å². The van der Waals surface area contributed by atoms with Crippen LogP contribution in [0.5, 0.6) is 0 Å². The number of nitrogens with one attached hydrogen (secondary N) is 1. The second kappa shape index (κ2) is 7.47. The summed E-state index contributed by atoms with van der Waals surface area (Å²) >= 11 is 0. The number of aryl methyl sites for hydroxylation is 1. The fraction of sp³-hybridized carbons (Fsp3) is 0.667. The number of amides is 1. The molecule has 21 heavy (non-hydrogen) atoms. The standard InChI is InChI=1S/C15H27N5O/c1-3-6-20-7-4-13(16)14(20)15(21)17-5-8-19-11-9-18(2)10-12-19/h4,7H,3,5-6,8-12,16H2,1-2H3,(H,17,21). The topological polar surface area (TPSA) is 66.5 Å². The van der Waals surface area contributed by atoms with Gasteiger partial charge in [0.25, 0.3) is 5.91 Å². The predicted molar refractivity (Wildman–Crippen MR) is 85.4 cm³/mol. The number of carbonyl (C=O) groups is 1. The van der Waals surface area contributed by atoms with Crippen LogP contribution in [0.25, 0.3) is 0 Å². The van der Waals surface area contributed by atoms with Crippen LogP contribution in [0, 0.1) is 0 Å². The van der Waals surface area contributed by atoms with Gasteiger partial charge in [0.2, 0.25) is 0 Å². The summed E-state index contributed by atoms with van der Waals surface area (Å²) in [4.78, 5) is 17.0. The lowest BCUT2D eigenvalue weighted by Gasteiger charge is -2.32. The quantitative estimate of drug-likeness (QED) is 0.799. The van der Waals surface area contributed by atoms with Crippen molar-refractivity contribution in [3.05, 3.63) is 18.0 Å². The van der Waals surface area contributed by atoms with Gasteiger partial charge in [-0.25, -0.2) is 0 Å². The number of anilines is 1.